The van der Waals surface area contributed by atoms with E-state index in [4.69, 9.17) is 16.3 Å². The van der Waals surface area contributed by atoms with E-state index in [9.17, 15) is 4.79 Å². The number of para-hydroxylation sites is 2. The van der Waals surface area contributed by atoms with Crippen LogP contribution in [-0.4, -0.2) is 41.9 Å². The fraction of sp³-hybridized carbons (Fsp3) is 0.286. The second-order valence-corrected chi connectivity index (χ2v) is 7.35. The first kappa shape index (κ1) is 20.0. The third-order valence-electron chi connectivity index (χ3n) is 5.00. The van der Waals surface area contributed by atoms with Crippen LogP contribution in [0.25, 0.3) is 16.9 Å². The van der Waals surface area contributed by atoms with Crippen molar-refractivity contribution in [2.24, 2.45) is 0 Å². The molecule has 0 amide bonds. The molecule has 0 unspecified atom stereocenters. The lowest BCUT2D eigenvalue weighted by molar-refractivity contribution is -0.143. The maximum atomic E-state index is 12.5. The van der Waals surface area contributed by atoms with Crippen LogP contribution < -0.4 is 0 Å². The third-order valence-corrected chi connectivity index (χ3v) is 5.18. The van der Waals surface area contributed by atoms with Crippen LogP contribution in [0.15, 0.2) is 36.7 Å². The molecule has 0 radical (unpaired) electrons. The molecule has 30 heavy (non-hydrogen) atoms. The standard InChI is InChI=1S/C21H21ClN6O2/c1-13-16(14(2)28(26-13)20-12-23-11-19(22)25-20)10-21(29)30-9-8-27-15(3)24-17-6-4-5-7-18(17)27/h4-7,11-12H,8-10H2,1-3H3. The van der Waals surface area contributed by atoms with Crippen molar-refractivity contribution in [3.63, 3.8) is 0 Å². The average Bonchev–Trinajstić information content (AvgIpc) is 3.19. The lowest BCUT2D eigenvalue weighted by atomic mass is 10.1. The van der Waals surface area contributed by atoms with Gasteiger partial charge >= 0.3 is 5.97 Å². The molecule has 0 atom stereocenters. The van der Waals surface area contributed by atoms with Crippen molar-refractivity contribution in [2.45, 2.75) is 33.7 Å². The Morgan fingerprint density at radius 2 is 1.93 bits per heavy atom. The zero-order chi connectivity index (χ0) is 21.3. The van der Waals surface area contributed by atoms with E-state index in [2.05, 4.69) is 24.6 Å². The number of imidazole rings is 1. The second kappa shape index (κ2) is 8.23. The molecule has 8 nitrogen and oxygen atoms in total. The lowest BCUT2D eigenvalue weighted by Gasteiger charge is -2.09. The van der Waals surface area contributed by atoms with E-state index < -0.39 is 0 Å². The summed E-state index contributed by atoms with van der Waals surface area (Å²) < 4.78 is 9.18. The van der Waals surface area contributed by atoms with Gasteiger partial charge in [-0.05, 0) is 32.9 Å². The summed E-state index contributed by atoms with van der Waals surface area (Å²) in [5, 5.41) is 4.76. The number of halogens is 1. The first-order valence-electron chi connectivity index (χ1n) is 9.54. The van der Waals surface area contributed by atoms with Gasteiger partial charge in [0.1, 0.15) is 17.6 Å². The fourth-order valence-corrected chi connectivity index (χ4v) is 3.66. The summed E-state index contributed by atoms with van der Waals surface area (Å²) in [6.07, 6.45) is 3.17. The minimum atomic E-state index is -0.306. The van der Waals surface area contributed by atoms with Gasteiger partial charge in [0.05, 0.1) is 42.1 Å². The predicted octanol–water partition coefficient (Wildman–Crippen LogP) is 3.38. The average molecular weight is 425 g/mol. The van der Waals surface area contributed by atoms with Crippen LogP contribution in [0.2, 0.25) is 5.15 Å². The SMILES string of the molecule is Cc1nn(-c2cncc(Cl)n2)c(C)c1CC(=O)OCCn1c(C)nc2ccccc21. The Balaban J connectivity index is 1.43. The van der Waals surface area contributed by atoms with Crippen LogP contribution in [0, 0.1) is 20.8 Å². The van der Waals surface area contributed by atoms with Crippen molar-refractivity contribution in [2.75, 3.05) is 6.61 Å². The first-order valence-corrected chi connectivity index (χ1v) is 9.92. The van der Waals surface area contributed by atoms with Gasteiger partial charge in [-0.2, -0.15) is 5.10 Å². The van der Waals surface area contributed by atoms with Gasteiger partial charge in [0, 0.05) is 11.3 Å². The number of rotatable bonds is 6. The Labute approximate surface area is 178 Å². The van der Waals surface area contributed by atoms with Gasteiger partial charge in [-0.25, -0.2) is 14.6 Å². The molecule has 3 aromatic heterocycles. The largest absolute Gasteiger partial charge is 0.464 e. The summed E-state index contributed by atoms with van der Waals surface area (Å²) in [6, 6.07) is 7.91. The second-order valence-electron chi connectivity index (χ2n) is 6.96. The summed E-state index contributed by atoms with van der Waals surface area (Å²) in [5.74, 6) is 1.09. The molecule has 9 heteroatoms. The number of aryl methyl sites for hydroxylation is 2. The topological polar surface area (TPSA) is 87.7 Å². The molecule has 3 heterocycles. The Morgan fingerprint density at radius 1 is 1.13 bits per heavy atom. The zero-order valence-corrected chi connectivity index (χ0v) is 17.7. The summed E-state index contributed by atoms with van der Waals surface area (Å²) in [7, 11) is 0. The van der Waals surface area contributed by atoms with Gasteiger partial charge in [0.15, 0.2) is 5.82 Å². The van der Waals surface area contributed by atoms with Crippen LogP contribution in [0.1, 0.15) is 22.8 Å². The van der Waals surface area contributed by atoms with E-state index in [1.54, 1.807) is 10.9 Å². The van der Waals surface area contributed by atoms with E-state index in [0.29, 0.717) is 12.4 Å². The van der Waals surface area contributed by atoms with Crippen LogP contribution >= 0.6 is 11.6 Å². The van der Waals surface area contributed by atoms with Crippen molar-refractivity contribution in [1.82, 2.24) is 29.3 Å². The molecule has 0 aliphatic heterocycles. The van der Waals surface area contributed by atoms with Crippen molar-refractivity contribution < 1.29 is 9.53 Å². The number of carbonyl (C=O) groups is 1. The quantitative estimate of drug-likeness (QED) is 0.441. The van der Waals surface area contributed by atoms with Crippen molar-refractivity contribution in [3.8, 4) is 5.82 Å². The van der Waals surface area contributed by atoms with Gasteiger partial charge in [-0.3, -0.25) is 9.78 Å². The molecule has 0 saturated heterocycles. The number of fused-ring (bicyclic) bond motifs is 1. The predicted molar refractivity (Wildman–Crippen MR) is 113 cm³/mol. The Morgan fingerprint density at radius 3 is 2.73 bits per heavy atom. The molecule has 0 N–H and O–H groups in total. The number of aromatic nitrogens is 6. The molecule has 0 bridgehead atoms. The Hall–Kier alpha value is -3.26. The minimum absolute atomic E-state index is 0.134. The minimum Gasteiger partial charge on any atom is -0.464 e. The molecule has 1 aromatic carbocycles. The lowest BCUT2D eigenvalue weighted by Crippen LogP contribution is -2.14. The number of ether oxygens (including phenoxy) is 1. The Bertz CT molecular complexity index is 1230. The molecule has 4 rings (SSSR count). The number of benzene rings is 1. The monoisotopic (exact) mass is 424 g/mol. The van der Waals surface area contributed by atoms with E-state index >= 15 is 0 Å². The van der Waals surface area contributed by atoms with E-state index in [0.717, 1.165) is 33.8 Å². The Kier molecular flexibility index (Phi) is 5.50. The molecular weight excluding hydrogens is 404 g/mol. The molecule has 4 aromatic rings. The molecule has 0 aliphatic rings. The molecular formula is C21H21ClN6O2. The number of nitrogens with zero attached hydrogens (tertiary/aromatic N) is 6. The van der Waals surface area contributed by atoms with Gasteiger partial charge in [0.2, 0.25) is 0 Å². The number of hydrogen-bond acceptors (Lipinski definition) is 6. The highest BCUT2D eigenvalue weighted by Gasteiger charge is 2.18. The summed E-state index contributed by atoms with van der Waals surface area (Å²) in [6.45, 7) is 6.50. The highest BCUT2D eigenvalue weighted by molar-refractivity contribution is 6.29. The highest BCUT2D eigenvalue weighted by Crippen LogP contribution is 2.19. The van der Waals surface area contributed by atoms with E-state index in [1.165, 1.54) is 6.20 Å². The van der Waals surface area contributed by atoms with Crippen LogP contribution in [0.3, 0.4) is 0 Å². The smallest absolute Gasteiger partial charge is 0.310 e. The maximum Gasteiger partial charge on any atom is 0.310 e. The fourth-order valence-electron chi connectivity index (χ4n) is 3.51. The summed E-state index contributed by atoms with van der Waals surface area (Å²) in [5.41, 5.74) is 4.32. The van der Waals surface area contributed by atoms with Crippen molar-refractivity contribution in [1.29, 1.82) is 0 Å². The van der Waals surface area contributed by atoms with E-state index in [1.807, 2.05) is 45.0 Å². The summed E-state index contributed by atoms with van der Waals surface area (Å²) >= 11 is 5.93. The number of carbonyl (C=O) groups excluding carboxylic acids is 1. The molecule has 0 fully saturated rings. The number of esters is 1. The third kappa shape index (κ3) is 3.91. The van der Waals surface area contributed by atoms with Crippen molar-refractivity contribution >= 4 is 28.6 Å². The van der Waals surface area contributed by atoms with E-state index in [-0.39, 0.29) is 24.2 Å². The van der Waals surface area contributed by atoms with Gasteiger partial charge in [-0.1, -0.05) is 23.7 Å². The normalized spacial score (nSPS) is 11.2. The maximum absolute atomic E-state index is 12.5. The van der Waals surface area contributed by atoms with Gasteiger partial charge in [-0.15, -0.1) is 0 Å². The molecule has 0 aliphatic carbocycles. The molecule has 0 saturated carbocycles. The summed E-state index contributed by atoms with van der Waals surface area (Å²) in [4.78, 5) is 25.3. The number of hydrogen-bond donors (Lipinski definition) is 0. The van der Waals surface area contributed by atoms with Crippen LogP contribution in [0.5, 0.6) is 0 Å². The van der Waals surface area contributed by atoms with Gasteiger partial charge in [0.25, 0.3) is 0 Å². The van der Waals surface area contributed by atoms with Crippen LogP contribution in [-0.2, 0) is 22.5 Å². The highest BCUT2D eigenvalue weighted by atomic mass is 35.5. The molecule has 0 spiro atoms. The molecule has 154 valence electrons. The van der Waals surface area contributed by atoms with Crippen LogP contribution in [0.4, 0.5) is 0 Å². The first-order chi connectivity index (χ1) is 14.4. The van der Waals surface area contributed by atoms with Crippen molar-refractivity contribution in [3.05, 3.63) is 64.6 Å². The van der Waals surface area contributed by atoms with Gasteiger partial charge < -0.3 is 9.30 Å². The zero-order valence-electron chi connectivity index (χ0n) is 17.0.